The lowest BCUT2D eigenvalue weighted by Gasteiger charge is -2.19. The van der Waals surface area contributed by atoms with E-state index in [0.29, 0.717) is 11.5 Å². The Kier molecular flexibility index (Phi) is 5.08. The number of aromatic amines is 1. The number of benzene rings is 2. The number of H-pyrrole nitrogens is 1. The van der Waals surface area contributed by atoms with Crippen molar-refractivity contribution in [2.75, 3.05) is 25.0 Å². The maximum Gasteiger partial charge on any atom is 0.260 e. The highest BCUT2D eigenvalue weighted by Crippen LogP contribution is 2.22. The third-order valence-electron chi connectivity index (χ3n) is 5.14. The van der Waals surface area contributed by atoms with Crippen LogP contribution in [0.2, 0.25) is 0 Å². The Balaban J connectivity index is 1.67. The quantitative estimate of drug-likeness (QED) is 0.517. The number of hydrogen-bond acceptors (Lipinski definition) is 4. The second kappa shape index (κ2) is 7.82. The minimum absolute atomic E-state index is 0.200. The molecule has 2 aromatic carbocycles. The normalized spacial score (nSPS) is 11.5. The standard InChI is InChI=1S/C21H24N6O/c1-3-26(4-2)12-13-27-18-11-6-5-10-17(18)23-21(27)24-20(28)16-9-7-8-15-14-22-25-19(15)16/h5-11,14H,3-4,12-13H2,1-2H3,(H,22,25)(H,23,24,28). The molecule has 2 heterocycles. The lowest BCUT2D eigenvalue weighted by atomic mass is 10.1. The number of nitrogens with zero attached hydrogens (tertiary/aromatic N) is 4. The van der Waals surface area contributed by atoms with Gasteiger partial charge in [-0.3, -0.25) is 15.2 Å². The Labute approximate surface area is 163 Å². The number of hydrogen-bond donors (Lipinski definition) is 2. The van der Waals surface area contributed by atoms with Crippen molar-refractivity contribution < 1.29 is 4.79 Å². The fourth-order valence-corrected chi connectivity index (χ4v) is 3.51. The van der Waals surface area contributed by atoms with Gasteiger partial charge in [-0.15, -0.1) is 0 Å². The molecule has 7 nitrogen and oxygen atoms in total. The minimum atomic E-state index is -0.200. The SMILES string of the molecule is CCN(CC)CCn1c(NC(=O)c2cccc3cn[nH]c23)nc2ccccc21. The highest BCUT2D eigenvalue weighted by Gasteiger charge is 2.17. The number of likely N-dealkylation sites (N-methyl/N-ethyl adjacent to an activating group) is 1. The van der Waals surface area contributed by atoms with Crippen LogP contribution >= 0.6 is 0 Å². The van der Waals surface area contributed by atoms with E-state index in [-0.39, 0.29) is 5.91 Å². The van der Waals surface area contributed by atoms with Crippen molar-refractivity contribution in [3.05, 3.63) is 54.2 Å². The molecule has 144 valence electrons. The minimum Gasteiger partial charge on any atom is -0.309 e. The van der Waals surface area contributed by atoms with Crippen LogP contribution < -0.4 is 5.32 Å². The summed E-state index contributed by atoms with van der Waals surface area (Å²) in [4.78, 5) is 20.0. The Morgan fingerprint density at radius 2 is 1.96 bits per heavy atom. The summed E-state index contributed by atoms with van der Waals surface area (Å²) >= 11 is 0. The molecule has 0 unspecified atom stereocenters. The molecule has 0 aliphatic carbocycles. The van der Waals surface area contributed by atoms with Crippen molar-refractivity contribution in [3.8, 4) is 0 Å². The topological polar surface area (TPSA) is 78.8 Å². The van der Waals surface area contributed by atoms with E-state index in [9.17, 15) is 4.79 Å². The predicted molar refractivity (Wildman–Crippen MR) is 112 cm³/mol. The van der Waals surface area contributed by atoms with E-state index in [0.717, 1.165) is 48.1 Å². The molecule has 28 heavy (non-hydrogen) atoms. The lowest BCUT2D eigenvalue weighted by Crippen LogP contribution is -2.27. The zero-order chi connectivity index (χ0) is 19.5. The molecule has 2 N–H and O–H groups in total. The van der Waals surface area contributed by atoms with Gasteiger partial charge in [-0.1, -0.05) is 38.1 Å². The van der Waals surface area contributed by atoms with Gasteiger partial charge in [0, 0.05) is 18.5 Å². The molecule has 0 bridgehead atoms. The molecule has 1 amide bonds. The zero-order valence-electron chi connectivity index (χ0n) is 16.1. The molecule has 4 rings (SSSR count). The van der Waals surface area contributed by atoms with E-state index in [1.165, 1.54) is 0 Å². The van der Waals surface area contributed by atoms with Gasteiger partial charge in [-0.2, -0.15) is 5.10 Å². The maximum atomic E-state index is 13.0. The average Bonchev–Trinajstić information content (AvgIpc) is 3.33. The molecule has 2 aromatic heterocycles. The van der Waals surface area contributed by atoms with Crippen LogP contribution in [-0.2, 0) is 6.54 Å². The highest BCUT2D eigenvalue weighted by atomic mass is 16.1. The van der Waals surface area contributed by atoms with Gasteiger partial charge in [-0.25, -0.2) is 4.98 Å². The number of rotatable bonds is 7. The molecular weight excluding hydrogens is 352 g/mol. The van der Waals surface area contributed by atoms with Gasteiger partial charge in [0.1, 0.15) is 0 Å². The third-order valence-corrected chi connectivity index (χ3v) is 5.14. The smallest absolute Gasteiger partial charge is 0.260 e. The predicted octanol–water partition coefficient (Wildman–Crippen LogP) is 3.51. The van der Waals surface area contributed by atoms with E-state index in [4.69, 9.17) is 0 Å². The first kappa shape index (κ1) is 18.2. The van der Waals surface area contributed by atoms with Crippen molar-refractivity contribution >= 4 is 33.8 Å². The fourth-order valence-electron chi connectivity index (χ4n) is 3.51. The Hall–Kier alpha value is -3.19. The number of carbonyl (C=O) groups excluding carboxylic acids is 1. The van der Waals surface area contributed by atoms with Gasteiger partial charge >= 0.3 is 0 Å². The molecule has 0 spiro atoms. The number of imidazole rings is 1. The van der Waals surface area contributed by atoms with Crippen molar-refractivity contribution in [3.63, 3.8) is 0 Å². The summed E-state index contributed by atoms with van der Waals surface area (Å²) in [6.45, 7) is 7.95. The maximum absolute atomic E-state index is 13.0. The van der Waals surface area contributed by atoms with Crippen LogP contribution in [0.15, 0.2) is 48.7 Å². The van der Waals surface area contributed by atoms with Crippen molar-refractivity contribution in [1.82, 2.24) is 24.6 Å². The first-order valence-corrected chi connectivity index (χ1v) is 9.62. The largest absolute Gasteiger partial charge is 0.309 e. The first-order chi connectivity index (χ1) is 13.7. The Morgan fingerprint density at radius 3 is 2.79 bits per heavy atom. The molecule has 0 radical (unpaired) electrons. The van der Waals surface area contributed by atoms with E-state index >= 15 is 0 Å². The zero-order valence-corrected chi connectivity index (χ0v) is 16.1. The molecular formula is C21H24N6O. The van der Waals surface area contributed by atoms with Gasteiger partial charge in [0.15, 0.2) is 0 Å². The molecule has 0 fully saturated rings. The van der Waals surface area contributed by atoms with Gasteiger partial charge in [0.25, 0.3) is 5.91 Å². The molecule has 0 aliphatic heterocycles. The summed E-state index contributed by atoms with van der Waals surface area (Å²) in [5.41, 5.74) is 3.17. The summed E-state index contributed by atoms with van der Waals surface area (Å²) < 4.78 is 2.08. The summed E-state index contributed by atoms with van der Waals surface area (Å²) in [6, 6.07) is 13.5. The molecule has 0 aliphatic rings. The molecule has 0 atom stereocenters. The fraction of sp³-hybridized carbons (Fsp3) is 0.286. The average molecular weight is 376 g/mol. The molecule has 0 saturated carbocycles. The van der Waals surface area contributed by atoms with Gasteiger partial charge in [0.05, 0.1) is 28.3 Å². The lowest BCUT2D eigenvalue weighted by molar-refractivity contribution is 0.102. The van der Waals surface area contributed by atoms with Crippen LogP contribution in [-0.4, -0.2) is 50.2 Å². The second-order valence-electron chi connectivity index (χ2n) is 6.70. The number of anilines is 1. The number of aromatic nitrogens is 4. The number of amides is 1. The van der Waals surface area contributed by atoms with Crippen molar-refractivity contribution in [2.45, 2.75) is 20.4 Å². The summed E-state index contributed by atoms with van der Waals surface area (Å²) in [6.07, 6.45) is 1.71. The molecule has 0 saturated heterocycles. The van der Waals surface area contributed by atoms with E-state index in [2.05, 4.69) is 43.8 Å². The molecule has 4 aromatic rings. The van der Waals surface area contributed by atoms with E-state index < -0.39 is 0 Å². The van der Waals surface area contributed by atoms with Crippen LogP contribution in [0.4, 0.5) is 5.95 Å². The Morgan fingerprint density at radius 1 is 1.14 bits per heavy atom. The monoisotopic (exact) mass is 376 g/mol. The first-order valence-electron chi connectivity index (χ1n) is 9.62. The van der Waals surface area contributed by atoms with Gasteiger partial charge < -0.3 is 9.47 Å². The third kappa shape index (κ3) is 3.36. The van der Waals surface area contributed by atoms with Crippen LogP contribution in [0, 0.1) is 0 Å². The molecule has 7 heteroatoms. The van der Waals surface area contributed by atoms with E-state index in [1.807, 2.05) is 36.4 Å². The van der Waals surface area contributed by atoms with Crippen molar-refractivity contribution in [1.29, 1.82) is 0 Å². The number of carbonyl (C=O) groups is 1. The Bertz CT molecular complexity index is 1110. The van der Waals surface area contributed by atoms with Gasteiger partial charge in [-0.05, 0) is 31.3 Å². The summed E-state index contributed by atoms with van der Waals surface area (Å²) in [7, 11) is 0. The van der Waals surface area contributed by atoms with Crippen molar-refractivity contribution in [2.24, 2.45) is 0 Å². The van der Waals surface area contributed by atoms with Crippen LogP contribution in [0.25, 0.3) is 21.9 Å². The summed E-state index contributed by atoms with van der Waals surface area (Å²) in [5, 5.41) is 10.9. The number of nitrogens with one attached hydrogen (secondary N) is 2. The second-order valence-corrected chi connectivity index (χ2v) is 6.70. The number of fused-ring (bicyclic) bond motifs is 2. The highest BCUT2D eigenvalue weighted by molar-refractivity contribution is 6.11. The van der Waals surface area contributed by atoms with Crippen LogP contribution in [0.3, 0.4) is 0 Å². The van der Waals surface area contributed by atoms with Crippen LogP contribution in [0.1, 0.15) is 24.2 Å². The number of para-hydroxylation sites is 3. The van der Waals surface area contributed by atoms with Crippen LogP contribution in [0.5, 0.6) is 0 Å². The van der Waals surface area contributed by atoms with E-state index in [1.54, 1.807) is 12.3 Å². The van der Waals surface area contributed by atoms with Gasteiger partial charge in [0.2, 0.25) is 5.95 Å². The summed E-state index contributed by atoms with van der Waals surface area (Å²) in [5.74, 6) is 0.365.